The van der Waals surface area contributed by atoms with E-state index in [1.54, 1.807) is 86.6 Å². The second-order valence-electron chi connectivity index (χ2n) is 12.1. The maximum Gasteiger partial charge on any atom is 0.311 e. The van der Waals surface area contributed by atoms with E-state index in [9.17, 15) is 19.5 Å². The van der Waals surface area contributed by atoms with Gasteiger partial charge in [-0.25, -0.2) is 0 Å². The predicted molar refractivity (Wildman–Crippen MR) is 137 cm³/mol. The highest BCUT2D eigenvalue weighted by atomic mass is 32.2. The van der Waals surface area contributed by atoms with E-state index in [-0.39, 0.29) is 6.61 Å². The summed E-state index contributed by atoms with van der Waals surface area (Å²) in [6, 6.07) is 8.92. The lowest BCUT2D eigenvalue weighted by atomic mass is 9.95. The van der Waals surface area contributed by atoms with Crippen molar-refractivity contribution in [1.29, 1.82) is 0 Å². The molecule has 0 saturated carbocycles. The molecule has 0 unspecified atom stereocenters. The van der Waals surface area contributed by atoms with E-state index < -0.39 is 63.2 Å². The van der Waals surface area contributed by atoms with Crippen LogP contribution in [0, 0.1) is 16.2 Å². The van der Waals surface area contributed by atoms with Crippen molar-refractivity contribution in [2.45, 2.75) is 91.3 Å². The molecule has 1 aromatic carbocycles. The number of para-hydroxylation sites is 1. The zero-order valence-electron chi connectivity index (χ0n) is 22.7. The number of thioether (sulfide) groups is 1. The molecule has 1 aromatic rings. The van der Waals surface area contributed by atoms with Gasteiger partial charge in [0.15, 0.2) is 11.5 Å². The van der Waals surface area contributed by atoms with Crippen molar-refractivity contribution >= 4 is 29.7 Å². The van der Waals surface area contributed by atoms with Gasteiger partial charge in [-0.3, -0.25) is 14.4 Å². The van der Waals surface area contributed by atoms with E-state index in [0.717, 1.165) is 0 Å². The van der Waals surface area contributed by atoms with E-state index in [1.165, 1.54) is 11.8 Å². The number of carbonyl (C=O) groups excluding carboxylic acids is 3. The van der Waals surface area contributed by atoms with Gasteiger partial charge >= 0.3 is 17.9 Å². The molecule has 5 atom stereocenters. The molecule has 202 valence electrons. The Labute approximate surface area is 218 Å². The van der Waals surface area contributed by atoms with Crippen molar-refractivity contribution in [3.05, 3.63) is 30.3 Å². The van der Waals surface area contributed by atoms with Gasteiger partial charge in [0.25, 0.3) is 0 Å². The number of esters is 3. The van der Waals surface area contributed by atoms with Gasteiger partial charge in [0.05, 0.1) is 21.5 Å². The van der Waals surface area contributed by atoms with E-state index in [0.29, 0.717) is 5.75 Å². The normalized spacial score (nSPS) is 25.0. The van der Waals surface area contributed by atoms with Gasteiger partial charge < -0.3 is 24.1 Å². The van der Waals surface area contributed by atoms with Gasteiger partial charge in [-0.05, 0) is 74.4 Å². The summed E-state index contributed by atoms with van der Waals surface area (Å²) in [5.41, 5.74) is -3.26. The molecular weight excluding hydrogens is 484 g/mol. The first-order chi connectivity index (χ1) is 16.4. The zero-order chi connectivity index (χ0) is 27.5. The number of aliphatic hydroxyl groups excluding tert-OH is 1. The maximum absolute atomic E-state index is 12.8. The average molecular weight is 525 g/mol. The molecule has 1 saturated heterocycles. The summed E-state index contributed by atoms with van der Waals surface area (Å²) in [5, 5.41) is 10.7. The van der Waals surface area contributed by atoms with Crippen LogP contribution in [0.2, 0.25) is 0 Å². The Morgan fingerprint density at radius 3 is 1.72 bits per heavy atom. The first-order valence-corrected chi connectivity index (χ1v) is 13.0. The summed E-state index contributed by atoms with van der Waals surface area (Å²) < 4.78 is 23.1. The van der Waals surface area contributed by atoms with Gasteiger partial charge in [0.2, 0.25) is 0 Å². The molecule has 1 aliphatic rings. The number of hydrogen-bond acceptors (Lipinski definition) is 9. The van der Waals surface area contributed by atoms with E-state index in [2.05, 4.69) is 0 Å². The monoisotopic (exact) mass is 524 g/mol. The van der Waals surface area contributed by atoms with Crippen LogP contribution in [0.5, 0.6) is 5.75 Å². The highest BCUT2D eigenvalue weighted by Crippen LogP contribution is 2.39. The zero-order valence-corrected chi connectivity index (χ0v) is 23.5. The topological polar surface area (TPSA) is 108 Å². The van der Waals surface area contributed by atoms with Crippen molar-refractivity contribution in [2.24, 2.45) is 16.2 Å². The molecule has 0 amide bonds. The minimum Gasteiger partial charge on any atom is -0.476 e. The molecule has 1 N–H and O–H groups in total. The highest BCUT2D eigenvalue weighted by Gasteiger charge is 2.52. The van der Waals surface area contributed by atoms with Crippen LogP contribution in [0.1, 0.15) is 62.3 Å². The Bertz CT molecular complexity index is 908. The summed E-state index contributed by atoms with van der Waals surface area (Å²) in [6.07, 6.45) is -3.67. The van der Waals surface area contributed by atoms with Crippen LogP contribution < -0.4 is 4.74 Å². The fourth-order valence-electron chi connectivity index (χ4n) is 3.00. The number of rotatable bonds is 6. The molecule has 1 aliphatic heterocycles. The van der Waals surface area contributed by atoms with Crippen molar-refractivity contribution in [3.8, 4) is 5.75 Å². The minimum absolute atomic E-state index is 0.130. The van der Waals surface area contributed by atoms with Crippen molar-refractivity contribution in [2.75, 3.05) is 6.61 Å². The van der Waals surface area contributed by atoms with Gasteiger partial charge in [0.1, 0.15) is 24.6 Å². The van der Waals surface area contributed by atoms with Crippen LogP contribution in [-0.4, -0.2) is 58.6 Å². The quantitative estimate of drug-likeness (QED) is 0.428. The number of benzene rings is 1. The van der Waals surface area contributed by atoms with Gasteiger partial charge in [0, 0.05) is 0 Å². The molecule has 2 rings (SSSR count). The second-order valence-corrected chi connectivity index (χ2v) is 13.4. The van der Waals surface area contributed by atoms with Gasteiger partial charge in [-0.15, -0.1) is 11.8 Å². The Morgan fingerprint density at radius 1 is 0.778 bits per heavy atom. The van der Waals surface area contributed by atoms with Crippen LogP contribution >= 0.6 is 11.8 Å². The minimum atomic E-state index is -1.42. The summed E-state index contributed by atoms with van der Waals surface area (Å²) >= 11 is 1.19. The molecule has 0 bridgehead atoms. The van der Waals surface area contributed by atoms with E-state index >= 15 is 0 Å². The molecule has 8 nitrogen and oxygen atoms in total. The molecule has 0 spiro atoms. The van der Waals surface area contributed by atoms with Crippen LogP contribution in [0.4, 0.5) is 0 Å². The number of hydrogen-bond donors (Lipinski definition) is 1. The van der Waals surface area contributed by atoms with Gasteiger partial charge in [-0.1, -0.05) is 18.2 Å². The maximum atomic E-state index is 12.8. The number of ether oxygens (including phenoxy) is 4. The number of carbonyl (C=O) groups is 3. The lowest BCUT2D eigenvalue weighted by molar-refractivity contribution is -0.187. The Balaban J connectivity index is 2.42. The van der Waals surface area contributed by atoms with Crippen molar-refractivity contribution in [1.82, 2.24) is 0 Å². The fourth-order valence-corrected chi connectivity index (χ4v) is 4.40. The van der Waals surface area contributed by atoms with Gasteiger partial charge in [-0.2, -0.15) is 0 Å². The van der Waals surface area contributed by atoms with Crippen LogP contribution in [0.3, 0.4) is 0 Å². The lowest BCUT2D eigenvalue weighted by Gasteiger charge is -2.43. The van der Waals surface area contributed by atoms with Crippen LogP contribution in [0.25, 0.3) is 0 Å². The Morgan fingerprint density at radius 2 is 1.25 bits per heavy atom. The molecule has 0 radical (unpaired) electrons. The Kier molecular flexibility index (Phi) is 9.51. The smallest absolute Gasteiger partial charge is 0.311 e. The molecule has 9 heteroatoms. The third-order valence-corrected chi connectivity index (χ3v) is 6.70. The molecule has 0 aliphatic carbocycles. The summed E-state index contributed by atoms with van der Waals surface area (Å²) in [7, 11) is 0. The second kappa shape index (κ2) is 11.4. The number of aliphatic hydroxyl groups is 1. The summed E-state index contributed by atoms with van der Waals surface area (Å²) in [5.74, 6) is -0.996. The third kappa shape index (κ3) is 8.13. The van der Waals surface area contributed by atoms with E-state index in [4.69, 9.17) is 18.9 Å². The first-order valence-electron chi connectivity index (χ1n) is 12.1. The molecular formula is C27H40O8S. The molecule has 1 heterocycles. The Hall–Kier alpha value is -2.26. The third-order valence-electron chi connectivity index (χ3n) is 5.31. The predicted octanol–water partition coefficient (Wildman–Crippen LogP) is 4.37. The lowest BCUT2D eigenvalue weighted by Crippen LogP contribution is -2.59. The summed E-state index contributed by atoms with van der Waals surface area (Å²) in [6.45, 7) is 15.3. The van der Waals surface area contributed by atoms with E-state index in [1.807, 2.05) is 6.07 Å². The summed E-state index contributed by atoms with van der Waals surface area (Å²) in [4.78, 5) is 38.1. The van der Waals surface area contributed by atoms with Crippen molar-refractivity contribution < 1.29 is 38.4 Å². The first kappa shape index (κ1) is 30.0. The SMILES string of the molecule is CC(C)(C)C(=O)OC[C@H]1S[C@@H](Oc2ccccc2)[C@H](OC(=O)C(C)(C)C)[C@@H](O)[C@@H]1OC(=O)C(C)(C)C. The van der Waals surface area contributed by atoms with Crippen molar-refractivity contribution in [3.63, 3.8) is 0 Å². The fraction of sp³-hybridized carbons (Fsp3) is 0.667. The molecule has 1 fully saturated rings. The molecule has 0 aromatic heterocycles. The van der Waals surface area contributed by atoms with Crippen LogP contribution in [0.15, 0.2) is 30.3 Å². The average Bonchev–Trinajstić information content (AvgIpc) is 2.75. The standard InChI is InChI=1S/C27H40O8S/c1-25(2,3)22(29)32-15-17-19(34-23(30)26(4,5)6)18(28)20(35-24(31)27(7,8)9)21(36-17)33-16-13-11-10-12-14-16/h10-14,17-21,28H,15H2,1-9H3/t17-,18+,19-,20-,21-/m1/s1. The van der Waals surface area contributed by atoms with Crippen LogP contribution in [-0.2, 0) is 28.6 Å². The molecule has 36 heavy (non-hydrogen) atoms. The highest BCUT2D eigenvalue weighted by molar-refractivity contribution is 8.00. The largest absolute Gasteiger partial charge is 0.476 e.